The van der Waals surface area contributed by atoms with Gasteiger partial charge in [-0.1, -0.05) is 11.3 Å². The van der Waals surface area contributed by atoms with Gasteiger partial charge in [0.2, 0.25) is 0 Å². The zero-order valence-corrected chi connectivity index (χ0v) is 14.4. The molecule has 0 atom stereocenters. The van der Waals surface area contributed by atoms with E-state index in [0.717, 1.165) is 11.3 Å². The smallest absolute Gasteiger partial charge is 0.302 e. The van der Waals surface area contributed by atoms with E-state index in [2.05, 4.69) is 15.6 Å². The molecular formula is C16H16FN3O4S. The van der Waals surface area contributed by atoms with Crippen molar-refractivity contribution in [3.8, 4) is 0 Å². The number of hydrogen-bond donors (Lipinski definition) is 2. The van der Waals surface area contributed by atoms with Gasteiger partial charge in [-0.3, -0.25) is 19.7 Å². The number of aryl methyl sites for hydroxylation is 1. The highest BCUT2D eigenvalue weighted by atomic mass is 32.1. The Bertz CT molecular complexity index is 789. The lowest BCUT2D eigenvalue weighted by molar-refractivity contribution is -0.140. The Morgan fingerprint density at radius 1 is 1.20 bits per heavy atom. The van der Waals surface area contributed by atoms with Crippen molar-refractivity contribution in [2.45, 2.75) is 13.8 Å². The summed E-state index contributed by atoms with van der Waals surface area (Å²) in [5, 5.41) is 5.43. The van der Waals surface area contributed by atoms with E-state index in [1.165, 1.54) is 31.2 Å². The number of carbonyl (C=O) groups excluding carboxylic acids is 3. The molecule has 7 nitrogen and oxygen atoms in total. The van der Waals surface area contributed by atoms with Gasteiger partial charge in [0.25, 0.3) is 11.8 Å². The molecule has 2 aromatic rings. The molecule has 0 aliphatic rings. The highest BCUT2D eigenvalue weighted by molar-refractivity contribution is 7.17. The summed E-state index contributed by atoms with van der Waals surface area (Å²) in [6, 6.07) is 5.08. The molecule has 2 N–H and O–H groups in total. The molecule has 1 aromatic carbocycles. The summed E-state index contributed by atoms with van der Waals surface area (Å²) in [4.78, 5) is 39.3. The maximum Gasteiger partial charge on any atom is 0.302 e. The fourth-order valence-electron chi connectivity index (χ4n) is 1.87. The van der Waals surface area contributed by atoms with Crippen LogP contribution in [-0.4, -0.2) is 35.9 Å². The summed E-state index contributed by atoms with van der Waals surface area (Å²) in [5.74, 6) is -1.68. The maximum absolute atomic E-state index is 12.9. The van der Waals surface area contributed by atoms with Gasteiger partial charge >= 0.3 is 5.97 Å². The standard InChI is InChI=1S/C16H16FN3O4S/c1-9-13(15(23)18-7-8-24-10(2)21)25-16(19-9)20-14(22)11-3-5-12(17)6-4-11/h3-6H,7-8H2,1-2H3,(H,18,23)(H,19,20,22). The Balaban J connectivity index is 1.96. The molecule has 2 rings (SSSR count). The number of esters is 1. The van der Waals surface area contributed by atoms with Crippen LogP contribution in [0.1, 0.15) is 32.6 Å². The molecule has 2 amide bonds. The molecule has 1 heterocycles. The van der Waals surface area contributed by atoms with E-state index in [4.69, 9.17) is 4.74 Å². The first kappa shape index (κ1) is 18.5. The number of hydrogen-bond acceptors (Lipinski definition) is 6. The van der Waals surface area contributed by atoms with Crippen LogP contribution in [0.2, 0.25) is 0 Å². The third kappa shape index (κ3) is 5.35. The van der Waals surface area contributed by atoms with Gasteiger partial charge in [0.05, 0.1) is 12.2 Å². The topological polar surface area (TPSA) is 97.4 Å². The molecule has 0 aliphatic heterocycles. The van der Waals surface area contributed by atoms with Gasteiger partial charge in [-0.25, -0.2) is 9.37 Å². The number of amides is 2. The lowest BCUT2D eigenvalue weighted by Gasteiger charge is -2.04. The van der Waals surface area contributed by atoms with Crippen LogP contribution in [0.15, 0.2) is 24.3 Å². The van der Waals surface area contributed by atoms with Gasteiger partial charge < -0.3 is 10.1 Å². The number of nitrogens with one attached hydrogen (secondary N) is 2. The molecule has 0 saturated carbocycles. The quantitative estimate of drug-likeness (QED) is 0.604. The van der Waals surface area contributed by atoms with Crippen molar-refractivity contribution in [3.63, 3.8) is 0 Å². The van der Waals surface area contributed by atoms with E-state index in [0.29, 0.717) is 10.6 Å². The zero-order chi connectivity index (χ0) is 18.4. The average molecular weight is 365 g/mol. The summed E-state index contributed by atoms with van der Waals surface area (Å²) in [6.45, 7) is 3.18. The Morgan fingerprint density at radius 2 is 1.88 bits per heavy atom. The number of benzene rings is 1. The molecule has 25 heavy (non-hydrogen) atoms. The van der Waals surface area contributed by atoms with Crippen molar-refractivity contribution >= 4 is 34.3 Å². The summed E-state index contributed by atoms with van der Waals surface area (Å²) in [7, 11) is 0. The minimum Gasteiger partial charge on any atom is -0.464 e. The fraction of sp³-hybridized carbons (Fsp3) is 0.250. The minimum absolute atomic E-state index is 0.0765. The van der Waals surface area contributed by atoms with Crippen LogP contribution in [0, 0.1) is 12.7 Å². The Morgan fingerprint density at radius 3 is 2.52 bits per heavy atom. The zero-order valence-electron chi connectivity index (χ0n) is 13.6. The lowest BCUT2D eigenvalue weighted by atomic mass is 10.2. The van der Waals surface area contributed by atoms with Gasteiger partial charge in [-0.2, -0.15) is 0 Å². The van der Waals surface area contributed by atoms with Crippen LogP contribution in [0.25, 0.3) is 0 Å². The minimum atomic E-state index is -0.449. The van der Waals surface area contributed by atoms with Gasteiger partial charge in [0.15, 0.2) is 5.13 Å². The highest BCUT2D eigenvalue weighted by Gasteiger charge is 2.17. The molecule has 9 heteroatoms. The average Bonchev–Trinajstić information content (AvgIpc) is 2.92. The predicted molar refractivity (Wildman–Crippen MR) is 90.2 cm³/mol. The van der Waals surface area contributed by atoms with Crippen LogP contribution < -0.4 is 10.6 Å². The van der Waals surface area contributed by atoms with E-state index in [-0.39, 0.29) is 29.8 Å². The number of halogens is 1. The van der Waals surface area contributed by atoms with Gasteiger partial charge in [-0.05, 0) is 31.2 Å². The second-order valence-electron chi connectivity index (χ2n) is 4.99. The molecule has 0 bridgehead atoms. The number of rotatable bonds is 6. The van der Waals surface area contributed by atoms with Crippen LogP contribution in [0.3, 0.4) is 0 Å². The number of anilines is 1. The van der Waals surface area contributed by atoms with Crippen molar-refractivity contribution in [2.24, 2.45) is 0 Å². The number of aromatic nitrogens is 1. The molecule has 132 valence electrons. The van der Waals surface area contributed by atoms with E-state index >= 15 is 0 Å². The van der Waals surface area contributed by atoms with E-state index < -0.39 is 17.7 Å². The van der Waals surface area contributed by atoms with Crippen LogP contribution in [-0.2, 0) is 9.53 Å². The van der Waals surface area contributed by atoms with Crippen LogP contribution >= 0.6 is 11.3 Å². The third-order valence-corrected chi connectivity index (χ3v) is 4.09. The van der Waals surface area contributed by atoms with Crippen molar-refractivity contribution in [2.75, 3.05) is 18.5 Å². The second kappa shape index (κ2) is 8.34. The van der Waals surface area contributed by atoms with Crippen molar-refractivity contribution in [1.29, 1.82) is 0 Å². The van der Waals surface area contributed by atoms with Crippen molar-refractivity contribution in [3.05, 3.63) is 46.2 Å². The first-order valence-corrected chi connectivity index (χ1v) is 8.14. The van der Waals surface area contributed by atoms with Crippen LogP contribution in [0.5, 0.6) is 0 Å². The Labute approximate surface area is 147 Å². The molecule has 0 fully saturated rings. The molecular weight excluding hydrogens is 349 g/mol. The Kier molecular flexibility index (Phi) is 6.18. The molecule has 0 spiro atoms. The SMILES string of the molecule is CC(=O)OCCNC(=O)c1sc(NC(=O)c2ccc(F)cc2)nc1C. The monoisotopic (exact) mass is 365 g/mol. The molecule has 0 aliphatic carbocycles. The normalized spacial score (nSPS) is 10.2. The first-order valence-electron chi connectivity index (χ1n) is 7.32. The number of ether oxygens (including phenoxy) is 1. The van der Waals surface area contributed by atoms with Crippen molar-refractivity contribution < 1.29 is 23.5 Å². The van der Waals surface area contributed by atoms with Gasteiger partial charge in [0.1, 0.15) is 17.3 Å². The number of nitrogens with zero attached hydrogens (tertiary/aromatic N) is 1. The largest absolute Gasteiger partial charge is 0.464 e. The van der Waals surface area contributed by atoms with Gasteiger partial charge in [0, 0.05) is 12.5 Å². The third-order valence-electron chi connectivity index (χ3n) is 3.02. The lowest BCUT2D eigenvalue weighted by Crippen LogP contribution is -2.27. The van der Waals surface area contributed by atoms with Gasteiger partial charge in [-0.15, -0.1) is 0 Å². The maximum atomic E-state index is 12.9. The Hall–Kier alpha value is -2.81. The predicted octanol–water partition coefficient (Wildman–Crippen LogP) is 2.14. The number of thiazole rings is 1. The van der Waals surface area contributed by atoms with E-state index in [1.54, 1.807) is 6.92 Å². The highest BCUT2D eigenvalue weighted by Crippen LogP contribution is 2.23. The summed E-state index contributed by atoms with van der Waals surface area (Å²) < 4.78 is 17.6. The molecule has 1 aromatic heterocycles. The van der Waals surface area contributed by atoms with Crippen LogP contribution in [0.4, 0.5) is 9.52 Å². The number of carbonyl (C=O) groups is 3. The summed E-state index contributed by atoms with van der Waals surface area (Å²) in [5.41, 5.74) is 0.742. The van der Waals surface area contributed by atoms with E-state index in [1.807, 2.05) is 0 Å². The van der Waals surface area contributed by atoms with Crippen molar-refractivity contribution in [1.82, 2.24) is 10.3 Å². The first-order chi connectivity index (χ1) is 11.9. The fourth-order valence-corrected chi connectivity index (χ4v) is 2.75. The summed E-state index contributed by atoms with van der Waals surface area (Å²) in [6.07, 6.45) is 0. The second-order valence-corrected chi connectivity index (χ2v) is 5.99. The molecule has 0 radical (unpaired) electrons. The van der Waals surface area contributed by atoms with E-state index in [9.17, 15) is 18.8 Å². The molecule has 0 saturated heterocycles. The molecule has 0 unspecified atom stereocenters. The summed E-state index contributed by atoms with van der Waals surface area (Å²) >= 11 is 1.02.